The van der Waals surface area contributed by atoms with E-state index in [4.69, 9.17) is 0 Å². The summed E-state index contributed by atoms with van der Waals surface area (Å²) in [7, 11) is 0. The quantitative estimate of drug-likeness (QED) is 0.680. The van der Waals surface area contributed by atoms with Gasteiger partial charge in [0.15, 0.2) is 0 Å². The summed E-state index contributed by atoms with van der Waals surface area (Å²) in [5, 5.41) is 0. The molecule has 0 spiro atoms. The fraction of sp³-hybridized carbons (Fsp3) is 0.357. The summed E-state index contributed by atoms with van der Waals surface area (Å²) in [6.45, 7) is 9.37. The molecule has 0 N–H and O–H groups in total. The first-order chi connectivity index (χ1) is 7.13. The second kappa shape index (κ2) is 4.09. The Morgan fingerprint density at radius 1 is 1.00 bits per heavy atom. The van der Waals surface area contributed by atoms with Crippen LogP contribution in [-0.2, 0) is 0 Å². The molecular weight excluding hydrogens is 241 g/mol. The van der Waals surface area contributed by atoms with E-state index in [0.717, 1.165) is 4.75 Å². The van der Waals surface area contributed by atoms with Crippen molar-refractivity contribution in [3.8, 4) is 0 Å². The van der Waals surface area contributed by atoms with Crippen molar-refractivity contribution in [3.63, 3.8) is 0 Å². The molecular formula is C14H18Ge. The first-order valence-corrected chi connectivity index (χ1v) is 8.87. The molecule has 1 aromatic rings. The van der Waals surface area contributed by atoms with Crippen molar-refractivity contribution >= 4 is 22.7 Å². The molecule has 1 atom stereocenters. The van der Waals surface area contributed by atoms with Crippen molar-refractivity contribution in [2.75, 3.05) is 0 Å². The van der Waals surface area contributed by atoms with Gasteiger partial charge in [0, 0.05) is 0 Å². The minimum absolute atomic E-state index is 0.826. The molecule has 1 unspecified atom stereocenters. The summed E-state index contributed by atoms with van der Waals surface area (Å²) in [5.74, 6) is 0. The van der Waals surface area contributed by atoms with Crippen LogP contribution in [0.1, 0.15) is 27.7 Å². The van der Waals surface area contributed by atoms with E-state index in [1.165, 1.54) is 0 Å². The van der Waals surface area contributed by atoms with Gasteiger partial charge in [-0.2, -0.15) is 0 Å². The van der Waals surface area contributed by atoms with Crippen LogP contribution in [0.2, 0.25) is 4.75 Å². The van der Waals surface area contributed by atoms with Gasteiger partial charge in [-0.3, -0.25) is 0 Å². The van der Waals surface area contributed by atoms with Gasteiger partial charge < -0.3 is 0 Å². The Bertz CT molecular complexity index is 438. The third-order valence-corrected chi connectivity index (χ3v) is 10.9. The van der Waals surface area contributed by atoms with Crippen molar-refractivity contribution < 1.29 is 0 Å². The fourth-order valence-corrected chi connectivity index (χ4v) is 9.55. The van der Waals surface area contributed by atoms with E-state index < -0.39 is 13.9 Å². The molecule has 78 valence electrons. The van der Waals surface area contributed by atoms with E-state index in [1.54, 1.807) is 19.9 Å². The molecule has 1 aliphatic rings. The van der Waals surface area contributed by atoms with Crippen LogP contribution in [0, 0.1) is 0 Å². The van der Waals surface area contributed by atoms with Crippen molar-refractivity contribution in [3.05, 3.63) is 41.5 Å². The molecule has 0 fully saturated rings. The average Bonchev–Trinajstić information content (AvgIpc) is 2.45. The SMILES string of the molecule is CC1=C(C)[CH](C)[Ge]([c]2ccccc2)=[C]1C. The van der Waals surface area contributed by atoms with Gasteiger partial charge in [-0.15, -0.1) is 0 Å². The Morgan fingerprint density at radius 3 is 2.07 bits per heavy atom. The van der Waals surface area contributed by atoms with Crippen LogP contribution in [0.4, 0.5) is 0 Å². The normalized spacial score (nSPS) is 21.5. The van der Waals surface area contributed by atoms with Crippen molar-refractivity contribution in [2.24, 2.45) is 0 Å². The number of allylic oxidation sites excluding steroid dienone is 2. The van der Waals surface area contributed by atoms with Gasteiger partial charge in [0.1, 0.15) is 0 Å². The summed E-state index contributed by atoms with van der Waals surface area (Å²) in [6, 6.07) is 11.1. The Morgan fingerprint density at radius 2 is 1.60 bits per heavy atom. The first-order valence-electron chi connectivity index (χ1n) is 5.57. The van der Waals surface area contributed by atoms with Crippen LogP contribution in [0.25, 0.3) is 0 Å². The Labute approximate surface area is 96.7 Å². The molecule has 0 aromatic heterocycles. The van der Waals surface area contributed by atoms with E-state index in [1.807, 2.05) is 0 Å². The molecule has 1 aliphatic heterocycles. The monoisotopic (exact) mass is 260 g/mol. The molecule has 0 radical (unpaired) electrons. The summed E-state index contributed by atoms with van der Waals surface area (Å²) in [6.07, 6.45) is 0. The van der Waals surface area contributed by atoms with Gasteiger partial charge in [0.05, 0.1) is 0 Å². The molecule has 1 aromatic carbocycles. The molecule has 0 aliphatic carbocycles. The zero-order chi connectivity index (χ0) is 11.0. The van der Waals surface area contributed by atoms with Crippen molar-refractivity contribution in [1.82, 2.24) is 0 Å². The van der Waals surface area contributed by atoms with Gasteiger partial charge in [-0.25, -0.2) is 0 Å². The Hall–Kier alpha value is -0.627. The maximum absolute atomic E-state index is 2.41. The van der Waals surface area contributed by atoms with E-state index in [9.17, 15) is 0 Å². The molecule has 0 saturated carbocycles. The number of hydrogen-bond acceptors (Lipinski definition) is 0. The van der Waals surface area contributed by atoms with Crippen LogP contribution in [0.3, 0.4) is 0 Å². The van der Waals surface area contributed by atoms with Crippen LogP contribution in [-0.4, -0.2) is 18.3 Å². The summed E-state index contributed by atoms with van der Waals surface area (Å²) < 4.78 is 4.16. The summed E-state index contributed by atoms with van der Waals surface area (Å²) >= 11 is -1.20. The molecule has 0 amide bonds. The van der Waals surface area contributed by atoms with Crippen LogP contribution >= 0.6 is 0 Å². The average molecular weight is 259 g/mol. The van der Waals surface area contributed by atoms with Gasteiger partial charge in [-0.05, 0) is 0 Å². The van der Waals surface area contributed by atoms with Gasteiger partial charge >= 0.3 is 96.6 Å². The zero-order valence-corrected chi connectivity index (χ0v) is 12.1. The predicted molar refractivity (Wildman–Crippen MR) is 70.3 cm³/mol. The minimum atomic E-state index is -1.20. The molecule has 1 heterocycles. The topological polar surface area (TPSA) is 0 Å². The molecule has 0 bridgehead atoms. The molecule has 0 nitrogen and oxygen atoms in total. The second-order valence-electron chi connectivity index (χ2n) is 4.43. The Balaban J connectivity index is 2.50. The number of rotatable bonds is 1. The third-order valence-electron chi connectivity index (χ3n) is 3.73. The molecule has 1 heteroatoms. The second-order valence-corrected chi connectivity index (χ2v) is 10.8. The summed E-state index contributed by atoms with van der Waals surface area (Å²) in [4.78, 5) is 0. The molecule has 15 heavy (non-hydrogen) atoms. The number of hydrogen-bond donors (Lipinski definition) is 0. The van der Waals surface area contributed by atoms with Crippen molar-refractivity contribution in [1.29, 1.82) is 0 Å². The fourth-order valence-electron chi connectivity index (χ4n) is 2.45. The molecule has 0 saturated heterocycles. The molecule has 2 rings (SSSR count). The Kier molecular flexibility index (Phi) is 2.97. The van der Waals surface area contributed by atoms with Crippen molar-refractivity contribution in [2.45, 2.75) is 32.4 Å². The zero-order valence-electron chi connectivity index (χ0n) is 9.96. The first kappa shape index (κ1) is 10.9. The van der Waals surface area contributed by atoms with E-state index >= 15 is 0 Å². The van der Waals surface area contributed by atoms with E-state index in [0.29, 0.717) is 0 Å². The predicted octanol–water partition coefficient (Wildman–Crippen LogP) is 2.90. The third kappa shape index (κ3) is 1.76. The maximum atomic E-state index is 2.41. The van der Waals surface area contributed by atoms with Crippen LogP contribution < -0.4 is 4.40 Å². The van der Waals surface area contributed by atoms with Gasteiger partial charge in [0.25, 0.3) is 0 Å². The van der Waals surface area contributed by atoms with E-state index in [-0.39, 0.29) is 0 Å². The van der Waals surface area contributed by atoms with Crippen LogP contribution in [0.15, 0.2) is 41.5 Å². The standard InChI is InChI=1S/C14H18Ge/c1-10-11(2)13(4)15(12(10)3)14-8-6-5-7-9-14/h5-9,12H,1-4H3. The number of benzene rings is 1. The van der Waals surface area contributed by atoms with Crippen LogP contribution in [0.5, 0.6) is 0 Å². The van der Waals surface area contributed by atoms with Gasteiger partial charge in [0.2, 0.25) is 0 Å². The van der Waals surface area contributed by atoms with Gasteiger partial charge in [-0.1, -0.05) is 0 Å². The van der Waals surface area contributed by atoms with E-state index in [2.05, 4.69) is 58.0 Å². The summed E-state index contributed by atoms with van der Waals surface area (Å²) in [5.41, 5.74) is 3.22.